The van der Waals surface area contributed by atoms with Gasteiger partial charge in [0.1, 0.15) is 5.01 Å². The smallest absolute Gasteiger partial charge is 0.345 e. The van der Waals surface area contributed by atoms with Crippen molar-refractivity contribution in [2.24, 2.45) is 0 Å². The minimum atomic E-state index is -4.69. The first-order chi connectivity index (χ1) is 17.6. The number of carbonyl (C=O) groups excluding carboxylic acids is 2. The molecule has 0 aliphatic rings. The number of amides is 2. The average molecular weight is 568 g/mol. The van der Waals surface area contributed by atoms with Crippen molar-refractivity contribution in [1.29, 1.82) is 0 Å². The van der Waals surface area contributed by atoms with Gasteiger partial charge in [-0.15, -0.1) is 20.4 Å². The van der Waals surface area contributed by atoms with Crippen LogP contribution in [0.2, 0.25) is 5.02 Å². The van der Waals surface area contributed by atoms with Crippen molar-refractivity contribution < 1.29 is 22.8 Å². The van der Waals surface area contributed by atoms with Crippen molar-refractivity contribution in [2.45, 2.75) is 24.8 Å². The van der Waals surface area contributed by atoms with E-state index in [0.29, 0.717) is 26.0 Å². The minimum absolute atomic E-state index is 0.0390. The van der Waals surface area contributed by atoms with E-state index in [9.17, 15) is 22.8 Å². The van der Waals surface area contributed by atoms with Gasteiger partial charge in [0.25, 0.3) is 5.91 Å². The van der Waals surface area contributed by atoms with Crippen molar-refractivity contribution >= 4 is 51.6 Å². The Morgan fingerprint density at radius 3 is 2.57 bits per heavy atom. The van der Waals surface area contributed by atoms with Gasteiger partial charge in [-0.3, -0.25) is 19.5 Å². The molecule has 0 aliphatic heterocycles. The summed E-state index contributed by atoms with van der Waals surface area (Å²) in [7, 11) is 0. The van der Waals surface area contributed by atoms with Gasteiger partial charge in [-0.25, -0.2) is 0 Å². The van der Waals surface area contributed by atoms with E-state index in [1.807, 2.05) is 0 Å². The molecular formula is C22H17ClF3N7O2S2. The third-order valence-corrected chi connectivity index (χ3v) is 6.67. The average Bonchev–Trinajstić information content (AvgIpc) is 3.46. The molecule has 0 unspecified atom stereocenters. The van der Waals surface area contributed by atoms with Gasteiger partial charge in [0.05, 0.1) is 29.1 Å². The maximum absolute atomic E-state index is 13.3. The Bertz CT molecular complexity index is 1440. The van der Waals surface area contributed by atoms with Crippen LogP contribution in [0.5, 0.6) is 0 Å². The molecule has 0 bridgehead atoms. The monoisotopic (exact) mass is 567 g/mol. The molecule has 0 aliphatic carbocycles. The number of hydrogen-bond donors (Lipinski definition) is 2. The number of nitrogens with one attached hydrogen (secondary N) is 2. The minimum Gasteiger partial charge on any atom is -0.345 e. The van der Waals surface area contributed by atoms with Crippen LogP contribution in [-0.4, -0.2) is 42.5 Å². The van der Waals surface area contributed by atoms with Crippen LogP contribution in [0.25, 0.3) is 5.69 Å². The summed E-state index contributed by atoms with van der Waals surface area (Å²) in [4.78, 5) is 25.0. The number of alkyl halides is 3. The Kier molecular flexibility index (Phi) is 8.10. The summed E-state index contributed by atoms with van der Waals surface area (Å²) in [6.07, 6.45) is -4.69. The molecule has 0 saturated heterocycles. The molecule has 4 rings (SSSR count). The summed E-state index contributed by atoms with van der Waals surface area (Å²) in [5.74, 6) is -1.08. The summed E-state index contributed by atoms with van der Waals surface area (Å²) < 4.78 is 41.5. The number of halogens is 4. The van der Waals surface area contributed by atoms with E-state index in [2.05, 4.69) is 31.0 Å². The van der Waals surface area contributed by atoms with Crippen LogP contribution in [0.3, 0.4) is 0 Å². The standard InChI is InChI=1S/C22H17ClF3N7O2S2/c1-12-29-31-20(37-12)28-18(34)11-36-21-32-30-17(33(21)14-6-4-5-13(23)9-14)10-27-19(35)15-7-2-3-8-16(15)22(24,25)26/h2-9H,10-11H2,1H3,(H,27,35)(H,28,31,34). The van der Waals surface area contributed by atoms with Gasteiger partial charge in [-0.2, -0.15) is 13.2 Å². The molecule has 4 aromatic rings. The summed E-state index contributed by atoms with van der Waals surface area (Å²) >= 11 is 8.44. The first-order valence-corrected chi connectivity index (χ1v) is 12.7. The Morgan fingerprint density at radius 2 is 1.86 bits per heavy atom. The number of hydrogen-bond acceptors (Lipinski definition) is 8. The number of benzene rings is 2. The molecule has 2 heterocycles. The lowest BCUT2D eigenvalue weighted by atomic mass is 10.1. The first kappa shape index (κ1) is 26.6. The van der Waals surface area contributed by atoms with Gasteiger partial charge in [-0.05, 0) is 37.3 Å². The van der Waals surface area contributed by atoms with E-state index in [1.54, 1.807) is 35.8 Å². The molecule has 2 amide bonds. The predicted octanol–water partition coefficient (Wildman–Crippen LogP) is 4.76. The number of nitrogens with zero attached hydrogens (tertiary/aromatic N) is 5. The van der Waals surface area contributed by atoms with Crippen LogP contribution in [-0.2, 0) is 17.5 Å². The highest BCUT2D eigenvalue weighted by atomic mass is 35.5. The van der Waals surface area contributed by atoms with Gasteiger partial charge < -0.3 is 5.32 Å². The third-order valence-electron chi connectivity index (χ3n) is 4.76. The number of carbonyl (C=O) groups is 2. The lowest BCUT2D eigenvalue weighted by Gasteiger charge is -2.13. The molecule has 0 saturated carbocycles. The van der Waals surface area contributed by atoms with Gasteiger partial charge in [0, 0.05) is 5.02 Å². The zero-order chi connectivity index (χ0) is 26.6. The number of aryl methyl sites for hydroxylation is 1. The highest BCUT2D eigenvalue weighted by Gasteiger charge is 2.34. The van der Waals surface area contributed by atoms with Crippen molar-refractivity contribution in [3.63, 3.8) is 0 Å². The zero-order valence-corrected chi connectivity index (χ0v) is 21.3. The summed E-state index contributed by atoms with van der Waals surface area (Å²) in [5.41, 5.74) is -1.02. The first-order valence-electron chi connectivity index (χ1n) is 10.5. The molecular weight excluding hydrogens is 551 g/mol. The van der Waals surface area contributed by atoms with Crippen molar-refractivity contribution in [2.75, 3.05) is 11.1 Å². The van der Waals surface area contributed by atoms with Gasteiger partial charge in [0.15, 0.2) is 11.0 Å². The normalized spacial score (nSPS) is 11.4. The fourth-order valence-electron chi connectivity index (χ4n) is 3.20. The van der Waals surface area contributed by atoms with Crippen LogP contribution in [0, 0.1) is 6.92 Å². The highest BCUT2D eigenvalue weighted by Crippen LogP contribution is 2.32. The molecule has 0 radical (unpaired) electrons. The van der Waals surface area contributed by atoms with Crippen LogP contribution in [0.4, 0.5) is 18.3 Å². The fraction of sp³-hybridized carbons (Fsp3) is 0.182. The van der Waals surface area contributed by atoms with E-state index >= 15 is 0 Å². The molecule has 192 valence electrons. The van der Waals surface area contributed by atoms with E-state index in [-0.39, 0.29) is 24.0 Å². The molecule has 2 N–H and O–H groups in total. The fourth-order valence-corrected chi connectivity index (χ4v) is 4.76. The molecule has 0 spiro atoms. The number of rotatable bonds is 8. The van der Waals surface area contributed by atoms with Crippen LogP contribution >= 0.6 is 34.7 Å². The largest absolute Gasteiger partial charge is 0.417 e. The summed E-state index contributed by atoms with van der Waals surface area (Å²) in [6, 6.07) is 11.2. The third kappa shape index (κ3) is 6.64. The molecule has 2 aromatic heterocycles. The van der Waals surface area contributed by atoms with Crippen LogP contribution in [0.15, 0.2) is 53.7 Å². The van der Waals surface area contributed by atoms with Gasteiger partial charge in [0.2, 0.25) is 11.0 Å². The van der Waals surface area contributed by atoms with Gasteiger partial charge >= 0.3 is 6.18 Å². The Balaban J connectivity index is 1.54. The van der Waals surface area contributed by atoms with E-state index in [4.69, 9.17) is 11.6 Å². The quantitative estimate of drug-likeness (QED) is 0.295. The van der Waals surface area contributed by atoms with Crippen molar-refractivity contribution in [3.8, 4) is 5.69 Å². The molecule has 15 heteroatoms. The van der Waals surface area contributed by atoms with Gasteiger partial charge in [-0.1, -0.05) is 52.9 Å². The zero-order valence-electron chi connectivity index (χ0n) is 18.9. The lowest BCUT2D eigenvalue weighted by molar-refractivity contribution is -0.138. The van der Waals surface area contributed by atoms with Crippen LogP contribution in [0.1, 0.15) is 26.8 Å². The second-order valence-electron chi connectivity index (χ2n) is 7.40. The number of thioether (sulfide) groups is 1. The SMILES string of the molecule is Cc1nnc(NC(=O)CSc2nnc(CNC(=O)c3ccccc3C(F)(F)F)n2-c2cccc(Cl)c2)s1. The maximum Gasteiger partial charge on any atom is 0.417 e. The molecule has 9 nitrogen and oxygen atoms in total. The summed E-state index contributed by atoms with van der Waals surface area (Å²) in [6.45, 7) is 1.53. The van der Waals surface area contributed by atoms with Crippen LogP contribution < -0.4 is 10.6 Å². The second-order valence-corrected chi connectivity index (χ2v) is 9.96. The Morgan fingerprint density at radius 1 is 1.08 bits per heavy atom. The van der Waals surface area contributed by atoms with Crippen molar-refractivity contribution in [3.05, 3.63) is 75.5 Å². The molecule has 0 fully saturated rings. The number of anilines is 1. The second kappa shape index (κ2) is 11.3. The van der Waals surface area contributed by atoms with E-state index < -0.39 is 23.2 Å². The molecule has 2 aromatic carbocycles. The number of aromatic nitrogens is 5. The Hall–Kier alpha value is -3.49. The highest BCUT2D eigenvalue weighted by molar-refractivity contribution is 7.99. The lowest BCUT2D eigenvalue weighted by Crippen LogP contribution is -2.27. The van der Waals surface area contributed by atoms with E-state index in [1.165, 1.54) is 23.5 Å². The van der Waals surface area contributed by atoms with E-state index in [0.717, 1.165) is 23.9 Å². The molecule has 37 heavy (non-hydrogen) atoms. The predicted molar refractivity (Wildman–Crippen MR) is 133 cm³/mol. The topological polar surface area (TPSA) is 115 Å². The maximum atomic E-state index is 13.3. The summed E-state index contributed by atoms with van der Waals surface area (Å²) in [5, 5.41) is 22.8. The van der Waals surface area contributed by atoms with Crippen molar-refractivity contribution in [1.82, 2.24) is 30.3 Å². The Labute approximate surface area is 221 Å². The molecule has 0 atom stereocenters.